The summed E-state index contributed by atoms with van der Waals surface area (Å²) in [4.78, 5) is 0. The Morgan fingerprint density at radius 2 is 1.56 bits per heavy atom. The Morgan fingerprint density at radius 3 is 2.20 bits per heavy atom. The highest BCUT2D eigenvalue weighted by atomic mass is 32.2. The van der Waals surface area contributed by atoms with E-state index >= 15 is 0 Å². The van der Waals surface area contributed by atoms with Crippen molar-refractivity contribution in [1.29, 1.82) is 0 Å². The van der Waals surface area contributed by atoms with Crippen LogP contribution in [-0.2, 0) is 33.6 Å². The summed E-state index contributed by atoms with van der Waals surface area (Å²) in [5, 5.41) is 0.855. The molecule has 25 heavy (non-hydrogen) atoms. The Morgan fingerprint density at radius 1 is 0.920 bits per heavy atom. The number of rotatable bonds is 14. The standard InChI is InChI=1S/C21H34O3S/c1-4-7-9-12-19-15-16-20(21(18-19)13-10-8-5-2)14-11-17-24-25(22,23)6-3/h6,15-16,18H,3-5,7-14,17H2,1-2H3. The molecule has 0 saturated carbocycles. The molecule has 0 fully saturated rings. The average molecular weight is 367 g/mol. The van der Waals surface area contributed by atoms with Crippen LogP contribution in [0.25, 0.3) is 0 Å². The van der Waals surface area contributed by atoms with Gasteiger partial charge in [0.1, 0.15) is 0 Å². The molecule has 0 heterocycles. The van der Waals surface area contributed by atoms with Gasteiger partial charge in [-0.2, -0.15) is 8.42 Å². The number of unbranched alkanes of at least 4 members (excludes halogenated alkanes) is 4. The van der Waals surface area contributed by atoms with Crippen molar-refractivity contribution in [1.82, 2.24) is 0 Å². The van der Waals surface area contributed by atoms with Crippen LogP contribution >= 0.6 is 0 Å². The van der Waals surface area contributed by atoms with E-state index in [-0.39, 0.29) is 6.61 Å². The van der Waals surface area contributed by atoms with Gasteiger partial charge >= 0.3 is 0 Å². The fourth-order valence-electron chi connectivity index (χ4n) is 2.94. The van der Waals surface area contributed by atoms with Crippen LogP contribution in [0.2, 0.25) is 0 Å². The zero-order chi connectivity index (χ0) is 18.5. The Balaban J connectivity index is 2.66. The van der Waals surface area contributed by atoms with Gasteiger partial charge in [0.05, 0.1) is 12.0 Å². The van der Waals surface area contributed by atoms with Crippen LogP contribution in [0.4, 0.5) is 0 Å². The monoisotopic (exact) mass is 366 g/mol. The molecular weight excluding hydrogens is 332 g/mol. The molecule has 0 bridgehead atoms. The first-order valence-corrected chi connectivity index (χ1v) is 11.1. The van der Waals surface area contributed by atoms with Crippen LogP contribution in [-0.4, -0.2) is 15.0 Å². The van der Waals surface area contributed by atoms with Crippen molar-refractivity contribution in [2.24, 2.45) is 0 Å². The molecule has 0 aromatic heterocycles. The first kappa shape index (κ1) is 21.9. The summed E-state index contributed by atoms with van der Waals surface area (Å²) in [7, 11) is -3.56. The third-order valence-electron chi connectivity index (χ3n) is 4.43. The summed E-state index contributed by atoms with van der Waals surface area (Å²) in [6, 6.07) is 6.82. The maximum absolute atomic E-state index is 11.3. The Labute approximate surface area is 154 Å². The molecule has 4 heteroatoms. The molecule has 0 radical (unpaired) electrons. The molecule has 0 aliphatic rings. The molecule has 0 aliphatic carbocycles. The quantitative estimate of drug-likeness (QED) is 0.319. The molecule has 0 spiro atoms. The second-order valence-corrected chi connectivity index (χ2v) is 8.16. The average Bonchev–Trinajstić information content (AvgIpc) is 2.60. The van der Waals surface area contributed by atoms with Crippen LogP contribution in [0.1, 0.15) is 75.5 Å². The van der Waals surface area contributed by atoms with Crippen LogP contribution in [0.15, 0.2) is 30.2 Å². The lowest BCUT2D eigenvalue weighted by atomic mass is 9.94. The lowest BCUT2D eigenvalue weighted by Gasteiger charge is -2.12. The van der Waals surface area contributed by atoms with E-state index < -0.39 is 10.1 Å². The second kappa shape index (κ2) is 12.3. The maximum atomic E-state index is 11.3. The maximum Gasteiger partial charge on any atom is 0.289 e. The molecule has 1 rings (SSSR count). The van der Waals surface area contributed by atoms with Gasteiger partial charge in [-0.3, -0.25) is 4.18 Å². The number of hydrogen-bond acceptors (Lipinski definition) is 3. The van der Waals surface area contributed by atoms with Gasteiger partial charge in [-0.15, -0.1) is 0 Å². The SMILES string of the molecule is C=CS(=O)(=O)OCCCc1ccc(CCCCC)cc1CCCCC. The van der Waals surface area contributed by atoms with Crippen LogP contribution in [0.5, 0.6) is 0 Å². The van der Waals surface area contributed by atoms with Gasteiger partial charge in [0.15, 0.2) is 0 Å². The van der Waals surface area contributed by atoms with Crippen molar-refractivity contribution in [2.45, 2.75) is 78.1 Å². The number of hydrogen-bond donors (Lipinski definition) is 0. The highest BCUT2D eigenvalue weighted by Gasteiger charge is 2.07. The molecule has 0 saturated heterocycles. The predicted molar refractivity (Wildman–Crippen MR) is 106 cm³/mol. The van der Waals surface area contributed by atoms with Crippen LogP contribution < -0.4 is 0 Å². The molecule has 142 valence electrons. The summed E-state index contributed by atoms with van der Waals surface area (Å²) in [5.74, 6) is 0. The Kier molecular flexibility index (Phi) is 10.7. The smallest absolute Gasteiger partial charge is 0.267 e. The molecule has 0 N–H and O–H groups in total. The van der Waals surface area contributed by atoms with E-state index in [9.17, 15) is 8.42 Å². The van der Waals surface area contributed by atoms with Crippen molar-refractivity contribution >= 4 is 10.1 Å². The highest BCUT2D eigenvalue weighted by Crippen LogP contribution is 2.19. The lowest BCUT2D eigenvalue weighted by molar-refractivity contribution is 0.318. The molecule has 0 amide bonds. The third-order valence-corrected chi connectivity index (χ3v) is 5.33. The van der Waals surface area contributed by atoms with E-state index in [4.69, 9.17) is 4.18 Å². The highest BCUT2D eigenvalue weighted by molar-refractivity contribution is 7.89. The summed E-state index contributed by atoms with van der Waals surface area (Å²) < 4.78 is 27.4. The molecule has 0 aliphatic heterocycles. The number of benzene rings is 1. The van der Waals surface area contributed by atoms with Gasteiger partial charge in [-0.25, -0.2) is 0 Å². The summed E-state index contributed by atoms with van der Waals surface area (Å²) >= 11 is 0. The second-order valence-electron chi connectivity index (χ2n) is 6.60. The van der Waals surface area contributed by atoms with E-state index in [0.717, 1.165) is 24.7 Å². The van der Waals surface area contributed by atoms with Gasteiger partial charge in [0.2, 0.25) is 0 Å². The van der Waals surface area contributed by atoms with Crippen molar-refractivity contribution in [3.8, 4) is 0 Å². The van der Waals surface area contributed by atoms with E-state index in [1.807, 2.05) is 0 Å². The molecule has 1 aromatic carbocycles. The molecular formula is C21H34O3S. The lowest BCUT2D eigenvalue weighted by Crippen LogP contribution is -2.05. The topological polar surface area (TPSA) is 43.4 Å². The van der Waals surface area contributed by atoms with E-state index in [1.54, 1.807) is 0 Å². The first-order valence-electron chi connectivity index (χ1n) is 9.65. The van der Waals surface area contributed by atoms with Gasteiger partial charge < -0.3 is 0 Å². The van der Waals surface area contributed by atoms with Gasteiger partial charge in [-0.05, 0) is 55.2 Å². The predicted octanol–water partition coefficient (Wildman–Crippen LogP) is 5.57. The fraction of sp³-hybridized carbons (Fsp3) is 0.619. The normalized spacial score (nSPS) is 11.6. The third kappa shape index (κ3) is 9.22. The summed E-state index contributed by atoms with van der Waals surface area (Å²) in [6.45, 7) is 7.91. The number of aryl methyl sites for hydroxylation is 3. The van der Waals surface area contributed by atoms with E-state index in [0.29, 0.717) is 6.42 Å². The first-order chi connectivity index (χ1) is 12.0. The summed E-state index contributed by atoms with van der Waals surface area (Å²) in [6.07, 6.45) is 11.3. The molecule has 1 aromatic rings. The molecule has 3 nitrogen and oxygen atoms in total. The van der Waals surface area contributed by atoms with E-state index in [2.05, 4.69) is 38.6 Å². The largest absolute Gasteiger partial charge is 0.289 e. The Hall–Kier alpha value is -1.13. The van der Waals surface area contributed by atoms with Gasteiger partial charge in [0.25, 0.3) is 10.1 Å². The van der Waals surface area contributed by atoms with Crippen molar-refractivity contribution in [2.75, 3.05) is 6.61 Å². The summed E-state index contributed by atoms with van der Waals surface area (Å²) in [5.41, 5.74) is 4.18. The zero-order valence-corrected chi connectivity index (χ0v) is 16.7. The molecule has 0 unspecified atom stereocenters. The van der Waals surface area contributed by atoms with Gasteiger partial charge in [0, 0.05) is 0 Å². The van der Waals surface area contributed by atoms with Crippen LogP contribution in [0.3, 0.4) is 0 Å². The minimum atomic E-state index is -3.56. The Bertz CT molecular complexity index is 606. The molecule has 0 atom stereocenters. The van der Waals surface area contributed by atoms with E-state index in [1.165, 1.54) is 55.2 Å². The van der Waals surface area contributed by atoms with Crippen molar-refractivity contribution < 1.29 is 12.6 Å². The van der Waals surface area contributed by atoms with Crippen molar-refractivity contribution in [3.05, 3.63) is 46.9 Å². The minimum absolute atomic E-state index is 0.209. The van der Waals surface area contributed by atoms with Crippen molar-refractivity contribution in [3.63, 3.8) is 0 Å². The van der Waals surface area contributed by atoms with Gasteiger partial charge in [-0.1, -0.05) is 64.3 Å². The van der Waals surface area contributed by atoms with Crippen LogP contribution in [0, 0.1) is 0 Å². The fourth-order valence-corrected chi connectivity index (χ4v) is 3.39. The zero-order valence-electron chi connectivity index (χ0n) is 15.9. The minimum Gasteiger partial charge on any atom is -0.267 e.